The highest BCUT2D eigenvalue weighted by Crippen LogP contribution is 2.38. The van der Waals surface area contributed by atoms with Gasteiger partial charge in [0.2, 0.25) is 0 Å². The molecule has 1 fully saturated rings. The van der Waals surface area contributed by atoms with Crippen LogP contribution >= 0.6 is 27.7 Å². The van der Waals surface area contributed by atoms with Crippen molar-refractivity contribution in [2.75, 3.05) is 20.3 Å². The molecule has 1 aliphatic heterocycles. The largest absolute Gasteiger partial charge is 0.490 e. The fourth-order valence-electron chi connectivity index (χ4n) is 2.39. The molecule has 1 heterocycles. The van der Waals surface area contributed by atoms with Gasteiger partial charge < -0.3 is 14.2 Å². The van der Waals surface area contributed by atoms with Crippen molar-refractivity contribution in [2.24, 2.45) is 0 Å². The quantitative estimate of drug-likeness (QED) is 0.345. The van der Waals surface area contributed by atoms with Crippen LogP contribution in [-0.4, -0.2) is 48.4 Å². The van der Waals surface area contributed by atoms with E-state index in [1.54, 1.807) is 18.2 Å². The molecule has 1 saturated heterocycles. The van der Waals surface area contributed by atoms with Gasteiger partial charge in [0, 0.05) is 4.47 Å². The standard InChI is InChI=1S/C19H18BrNO6S/c1-5-7-27-15-10-13(20)12(8-14(15)26-6-2)9-16-17(22)21(19(24)28-16)11(3)18(23)25-4/h1,8-11H,6-7H2,2-4H3/b16-9+/t11-/m0/s1. The lowest BCUT2D eigenvalue weighted by Gasteiger charge is -2.18. The zero-order valence-corrected chi connectivity index (χ0v) is 17.9. The van der Waals surface area contributed by atoms with Crippen LogP contribution in [0.1, 0.15) is 19.4 Å². The molecule has 0 aromatic heterocycles. The smallest absolute Gasteiger partial charge is 0.328 e. The number of hydrogen-bond donors (Lipinski definition) is 0. The molecule has 7 nitrogen and oxygen atoms in total. The number of methoxy groups -OCH3 is 1. The number of amides is 2. The predicted molar refractivity (Wildman–Crippen MR) is 109 cm³/mol. The summed E-state index contributed by atoms with van der Waals surface area (Å²) in [4.78, 5) is 37.6. The van der Waals surface area contributed by atoms with Gasteiger partial charge in [-0.25, -0.2) is 4.79 Å². The highest BCUT2D eigenvalue weighted by atomic mass is 79.9. The Morgan fingerprint density at radius 3 is 2.64 bits per heavy atom. The molecule has 0 radical (unpaired) electrons. The molecular formula is C19H18BrNO6S. The molecule has 2 amide bonds. The lowest BCUT2D eigenvalue weighted by atomic mass is 10.1. The van der Waals surface area contributed by atoms with Gasteiger partial charge in [-0.1, -0.05) is 21.9 Å². The molecule has 0 saturated carbocycles. The van der Waals surface area contributed by atoms with Crippen molar-refractivity contribution in [3.63, 3.8) is 0 Å². The lowest BCUT2D eigenvalue weighted by molar-refractivity contribution is -0.148. The normalized spacial score (nSPS) is 16.1. The Kier molecular flexibility index (Phi) is 7.54. The Morgan fingerprint density at radius 1 is 1.36 bits per heavy atom. The summed E-state index contributed by atoms with van der Waals surface area (Å²) in [5, 5.41) is -0.538. The second kappa shape index (κ2) is 9.66. The minimum absolute atomic E-state index is 0.0795. The van der Waals surface area contributed by atoms with Crippen molar-refractivity contribution >= 4 is 50.9 Å². The van der Waals surface area contributed by atoms with E-state index >= 15 is 0 Å². The maximum absolute atomic E-state index is 12.6. The van der Waals surface area contributed by atoms with Crippen LogP contribution in [-0.2, 0) is 14.3 Å². The molecule has 148 valence electrons. The number of ether oxygens (including phenoxy) is 3. The third-order valence-corrected chi connectivity index (χ3v) is 5.28. The molecule has 1 aliphatic rings. The molecule has 1 aromatic rings. The topological polar surface area (TPSA) is 82.1 Å². The SMILES string of the molecule is C#CCOc1cc(Br)c(/C=C2/SC(=O)N([C@@H](C)C(=O)OC)C2=O)cc1OCC. The molecule has 9 heteroatoms. The summed E-state index contributed by atoms with van der Waals surface area (Å²) < 4.78 is 16.3. The highest BCUT2D eigenvalue weighted by Gasteiger charge is 2.41. The van der Waals surface area contributed by atoms with Crippen molar-refractivity contribution < 1.29 is 28.6 Å². The zero-order chi connectivity index (χ0) is 20.8. The summed E-state index contributed by atoms with van der Waals surface area (Å²) in [6.07, 6.45) is 6.78. The summed E-state index contributed by atoms with van der Waals surface area (Å²) >= 11 is 4.17. The van der Waals surface area contributed by atoms with E-state index in [-0.39, 0.29) is 11.5 Å². The summed E-state index contributed by atoms with van der Waals surface area (Å²) in [7, 11) is 1.20. The number of halogens is 1. The molecular weight excluding hydrogens is 450 g/mol. The van der Waals surface area contributed by atoms with Crippen LogP contribution in [0.25, 0.3) is 6.08 Å². The number of rotatable bonds is 7. The number of esters is 1. The van der Waals surface area contributed by atoms with Crippen molar-refractivity contribution in [2.45, 2.75) is 19.9 Å². The average Bonchev–Trinajstić information content (AvgIpc) is 2.95. The van der Waals surface area contributed by atoms with Crippen molar-refractivity contribution in [3.05, 3.63) is 27.1 Å². The Labute approximate surface area is 175 Å². The maximum atomic E-state index is 12.6. The fraction of sp³-hybridized carbons (Fsp3) is 0.316. The molecule has 0 aliphatic carbocycles. The van der Waals surface area contributed by atoms with Crippen LogP contribution in [0.3, 0.4) is 0 Å². The van der Waals surface area contributed by atoms with Crippen LogP contribution in [0.15, 0.2) is 21.5 Å². The van der Waals surface area contributed by atoms with Crippen molar-refractivity contribution in [1.82, 2.24) is 4.90 Å². The van der Waals surface area contributed by atoms with Gasteiger partial charge in [0.15, 0.2) is 11.5 Å². The number of terminal acetylenes is 1. The second-order valence-electron chi connectivity index (χ2n) is 5.50. The number of imide groups is 1. The van der Waals surface area contributed by atoms with Crippen LogP contribution in [0.2, 0.25) is 0 Å². The molecule has 0 bridgehead atoms. The van der Waals surface area contributed by atoms with Gasteiger partial charge >= 0.3 is 5.97 Å². The number of nitrogens with zero attached hydrogens (tertiary/aromatic N) is 1. The molecule has 0 N–H and O–H groups in total. The van der Waals surface area contributed by atoms with E-state index in [1.165, 1.54) is 14.0 Å². The average molecular weight is 468 g/mol. The van der Waals surface area contributed by atoms with E-state index < -0.39 is 23.2 Å². The first-order valence-corrected chi connectivity index (χ1v) is 9.82. The molecule has 2 rings (SSSR count). The van der Waals surface area contributed by atoms with E-state index in [1.807, 2.05) is 6.92 Å². The van der Waals surface area contributed by atoms with E-state index in [2.05, 4.69) is 26.6 Å². The molecule has 28 heavy (non-hydrogen) atoms. The van der Waals surface area contributed by atoms with Gasteiger partial charge in [0.1, 0.15) is 12.6 Å². The van der Waals surface area contributed by atoms with Gasteiger partial charge in [0.05, 0.1) is 18.6 Å². The van der Waals surface area contributed by atoms with Gasteiger partial charge in [-0.15, -0.1) is 6.42 Å². The second-order valence-corrected chi connectivity index (χ2v) is 7.34. The van der Waals surface area contributed by atoms with E-state index in [0.29, 0.717) is 28.1 Å². The summed E-state index contributed by atoms with van der Waals surface area (Å²) in [6.45, 7) is 3.74. The third kappa shape index (κ3) is 4.69. The summed E-state index contributed by atoms with van der Waals surface area (Å²) in [5.41, 5.74) is 0.604. The maximum Gasteiger partial charge on any atom is 0.328 e. The minimum atomic E-state index is -1.01. The van der Waals surface area contributed by atoms with E-state index in [0.717, 1.165) is 16.7 Å². The Bertz CT molecular complexity index is 876. The first kappa shape index (κ1) is 21.9. The predicted octanol–water partition coefficient (Wildman–Crippen LogP) is 3.46. The zero-order valence-electron chi connectivity index (χ0n) is 15.5. The van der Waals surface area contributed by atoms with Gasteiger partial charge in [0.25, 0.3) is 11.1 Å². The van der Waals surface area contributed by atoms with Crippen LogP contribution in [0.5, 0.6) is 11.5 Å². The molecule has 0 unspecified atom stereocenters. The number of carbonyl (C=O) groups excluding carboxylic acids is 3. The first-order valence-electron chi connectivity index (χ1n) is 8.21. The number of carbonyl (C=O) groups is 3. The van der Waals surface area contributed by atoms with Gasteiger partial charge in [-0.2, -0.15) is 0 Å². The van der Waals surface area contributed by atoms with Crippen LogP contribution < -0.4 is 9.47 Å². The number of benzene rings is 1. The number of hydrogen-bond acceptors (Lipinski definition) is 7. The van der Waals surface area contributed by atoms with Gasteiger partial charge in [-0.3, -0.25) is 14.5 Å². The lowest BCUT2D eigenvalue weighted by Crippen LogP contribution is -2.42. The molecule has 1 atom stereocenters. The molecule has 1 aromatic carbocycles. The van der Waals surface area contributed by atoms with Crippen molar-refractivity contribution in [3.8, 4) is 23.8 Å². The highest BCUT2D eigenvalue weighted by molar-refractivity contribution is 9.10. The summed E-state index contributed by atoms with van der Waals surface area (Å²) in [6, 6.07) is 2.34. The molecule has 0 spiro atoms. The van der Waals surface area contributed by atoms with Crippen LogP contribution in [0.4, 0.5) is 4.79 Å². The third-order valence-electron chi connectivity index (χ3n) is 3.71. The Morgan fingerprint density at radius 2 is 2.04 bits per heavy atom. The Hall–Kier alpha value is -2.44. The number of thioether (sulfide) groups is 1. The van der Waals surface area contributed by atoms with Crippen LogP contribution in [0, 0.1) is 12.3 Å². The van der Waals surface area contributed by atoms with Gasteiger partial charge in [-0.05, 0) is 49.4 Å². The monoisotopic (exact) mass is 467 g/mol. The fourth-order valence-corrected chi connectivity index (χ4v) is 3.73. The van der Waals surface area contributed by atoms with E-state index in [9.17, 15) is 14.4 Å². The Balaban J connectivity index is 2.38. The minimum Gasteiger partial charge on any atom is -0.490 e. The van der Waals surface area contributed by atoms with Crippen molar-refractivity contribution in [1.29, 1.82) is 0 Å². The first-order chi connectivity index (χ1) is 13.3. The van der Waals surface area contributed by atoms with E-state index in [4.69, 9.17) is 15.9 Å². The summed E-state index contributed by atoms with van der Waals surface area (Å²) in [5.74, 6) is 2.06.